The molecule has 1 aromatic heterocycles. The van der Waals surface area contributed by atoms with Crippen LogP contribution in [-0.2, 0) is 15.4 Å². The monoisotopic (exact) mass is 712 g/mol. The van der Waals surface area contributed by atoms with Crippen LogP contribution in [0.4, 0.5) is 0 Å². The molecule has 12 heteroatoms. The Labute approximate surface area is 253 Å². The van der Waals surface area contributed by atoms with Gasteiger partial charge in [-0.1, -0.05) is 11.6 Å². The zero-order valence-corrected chi connectivity index (χ0v) is 26.0. The molecule has 0 fully saturated rings. The fourth-order valence-corrected chi connectivity index (χ4v) is 6.71. The third-order valence-electron chi connectivity index (χ3n) is 5.97. The smallest absolute Gasteiger partial charge is 0.489 e. The van der Waals surface area contributed by atoms with Gasteiger partial charge in [-0.25, -0.2) is 0 Å². The second-order valence-corrected chi connectivity index (χ2v) is 13.5. The van der Waals surface area contributed by atoms with E-state index in [9.17, 15) is 13.7 Å². The second-order valence-electron chi connectivity index (χ2n) is 9.00. The molecule has 3 aromatic rings. The topological polar surface area (TPSA) is 114 Å². The third-order valence-corrected chi connectivity index (χ3v) is 9.46. The molecule has 0 bridgehead atoms. The molecular formula is C28H25Cl2IN3O5S-. The van der Waals surface area contributed by atoms with Gasteiger partial charge in [0.25, 0.3) is 0 Å². The molecule has 0 aliphatic carbocycles. The predicted octanol–water partition coefficient (Wildman–Crippen LogP) is 2.96. The molecular weight excluding hydrogens is 688 g/mol. The molecule has 0 saturated heterocycles. The molecule has 8 nitrogen and oxygen atoms in total. The number of hydrogen-bond acceptors (Lipinski definition) is 7. The summed E-state index contributed by atoms with van der Waals surface area (Å²) in [7, 11) is -3.79. The quantitative estimate of drug-likeness (QED) is 0.242. The molecule has 40 heavy (non-hydrogen) atoms. The zero-order chi connectivity index (χ0) is 28.8. The molecule has 0 saturated carbocycles. The predicted molar refractivity (Wildman–Crippen MR) is 150 cm³/mol. The molecule has 0 spiro atoms. The SMILES string of the molecule is CC(C)(c1ccc(OCC2=NC(NS(=O)(=O)c3ccoc3)=C[I-]C=C2)cc1)c1cc(Cl)c(OCCCl)c(C#N)c1. The van der Waals surface area contributed by atoms with Crippen LogP contribution in [-0.4, -0.2) is 33.2 Å². The summed E-state index contributed by atoms with van der Waals surface area (Å²) in [4.78, 5) is 4.48. The summed E-state index contributed by atoms with van der Waals surface area (Å²) >= 11 is 11.7. The number of sulfonamides is 1. The number of halogens is 3. The van der Waals surface area contributed by atoms with Crippen molar-refractivity contribution < 1.29 is 43.5 Å². The van der Waals surface area contributed by atoms with Crippen molar-refractivity contribution in [1.29, 1.82) is 5.26 Å². The molecule has 1 N–H and O–H groups in total. The number of rotatable bonds is 11. The number of furan rings is 1. The molecule has 1 aliphatic heterocycles. The first kappa shape index (κ1) is 30.0. The van der Waals surface area contributed by atoms with Gasteiger partial charge in [-0.15, -0.1) is 11.6 Å². The van der Waals surface area contributed by atoms with E-state index >= 15 is 0 Å². The van der Waals surface area contributed by atoms with Crippen LogP contribution in [0.5, 0.6) is 11.5 Å². The van der Waals surface area contributed by atoms with Crippen LogP contribution in [0.3, 0.4) is 0 Å². The number of aliphatic imine (C=N–C) groups is 1. The van der Waals surface area contributed by atoms with Crippen molar-refractivity contribution in [2.45, 2.75) is 24.2 Å². The maximum atomic E-state index is 12.5. The average molecular weight is 713 g/mol. The van der Waals surface area contributed by atoms with Crippen LogP contribution in [0.25, 0.3) is 0 Å². The van der Waals surface area contributed by atoms with E-state index in [1.165, 1.54) is 12.3 Å². The minimum atomic E-state index is -3.79. The van der Waals surface area contributed by atoms with Crippen molar-refractivity contribution in [1.82, 2.24) is 4.72 Å². The minimum absolute atomic E-state index is 0.0292. The van der Waals surface area contributed by atoms with Gasteiger partial charge in [0.05, 0.1) is 16.5 Å². The molecule has 0 radical (unpaired) electrons. The Morgan fingerprint density at radius 3 is 2.60 bits per heavy atom. The van der Waals surface area contributed by atoms with Gasteiger partial charge in [-0.2, -0.15) is 5.26 Å². The third kappa shape index (κ3) is 7.20. The van der Waals surface area contributed by atoms with Crippen molar-refractivity contribution in [2.24, 2.45) is 4.99 Å². The average Bonchev–Trinajstić information content (AvgIpc) is 3.40. The number of hydrogen-bond donors (Lipinski definition) is 1. The van der Waals surface area contributed by atoms with Crippen molar-refractivity contribution in [2.75, 3.05) is 19.1 Å². The number of benzene rings is 2. The van der Waals surface area contributed by atoms with Crippen LogP contribution in [0.2, 0.25) is 5.02 Å². The van der Waals surface area contributed by atoms with E-state index in [0.717, 1.165) is 17.4 Å². The van der Waals surface area contributed by atoms with Gasteiger partial charge >= 0.3 is 187 Å². The van der Waals surface area contributed by atoms with Crippen LogP contribution in [0.1, 0.15) is 30.5 Å². The van der Waals surface area contributed by atoms with Crippen LogP contribution >= 0.6 is 23.2 Å². The van der Waals surface area contributed by atoms with E-state index in [1.807, 2.05) is 48.3 Å². The summed E-state index contributed by atoms with van der Waals surface area (Å²) in [6, 6.07) is 14.7. The van der Waals surface area contributed by atoms with E-state index in [2.05, 4.69) is 15.8 Å². The first-order chi connectivity index (χ1) is 19.1. The first-order valence-corrected chi connectivity index (χ1v) is 16.8. The van der Waals surface area contributed by atoms with E-state index in [0.29, 0.717) is 27.8 Å². The summed E-state index contributed by atoms with van der Waals surface area (Å²) in [5.74, 6) is 1.50. The number of nitrogens with one attached hydrogen (secondary N) is 1. The molecule has 0 amide bonds. The van der Waals surface area contributed by atoms with Gasteiger partial charge < -0.3 is 4.74 Å². The van der Waals surface area contributed by atoms with Crippen molar-refractivity contribution in [3.63, 3.8) is 0 Å². The van der Waals surface area contributed by atoms with Gasteiger partial charge in [0, 0.05) is 0 Å². The summed E-state index contributed by atoms with van der Waals surface area (Å²) in [5, 5.41) is 10.0. The van der Waals surface area contributed by atoms with E-state index < -0.39 is 36.6 Å². The summed E-state index contributed by atoms with van der Waals surface area (Å²) in [6.07, 6.45) is 4.31. The van der Waals surface area contributed by atoms with Gasteiger partial charge in [0.1, 0.15) is 12.7 Å². The normalized spacial score (nSPS) is 13.8. The van der Waals surface area contributed by atoms with E-state index in [4.69, 9.17) is 37.1 Å². The molecule has 4 rings (SSSR count). The zero-order valence-electron chi connectivity index (χ0n) is 21.5. The van der Waals surface area contributed by atoms with Crippen LogP contribution < -0.4 is 35.4 Å². The van der Waals surface area contributed by atoms with E-state index in [-0.39, 0.29) is 29.8 Å². The molecule has 0 atom stereocenters. The number of nitriles is 1. The first-order valence-electron chi connectivity index (χ1n) is 11.9. The van der Waals surface area contributed by atoms with Gasteiger partial charge in [0.15, 0.2) is 5.75 Å². The molecule has 2 aromatic carbocycles. The molecule has 2 heterocycles. The van der Waals surface area contributed by atoms with Gasteiger partial charge in [-0.3, -0.25) is 0 Å². The Hall–Kier alpha value is -2.98. The number of nitrogens with zero attached hydrogens (tertiary/aromatic N) is 2. The van der Waals surface area contributed by atoms with E-state index in [1.54, 1.807) is 16.2 Å². The van der Waals surface area contributed by atoms with Crippen molar-refractivity contribution in [3.8, 4) is 17.6 Å². The molecule has 0 unspecified atom stereocenters. The summed E-state index contributed by atoms with van der Waals surface area (Å²) in [6.45, 7) is 4.49. The summed E-state index contributed by atoms with van der Waals surface area (Å²) < 4.78 is 47.8. The standard InChI is InChI=1S/C28H25Cl2IN3O5S/c1-28(2,21-13-19(16-32)27(25(30)14-21)38-12-9-29)20-3-5-23(6-4-20)39-17-22-7-10-31-15-26(33-22)34-40(35,36)24-8-11-37-18-24/h3-8,10-11,13-15,18,34H,9,12,17H2,1-2H3/q-1. The Bertz CT molecular complexity index is 1590. The molecule has 1 aliphatic rings. The fraction of sp³-hybridized carbons (Fsp3) is 0.214. The van der Waals surface area contributed by atoms with Crippen molar-refractivity contribution >= 4 is 38.9 Å². The Morgan fingerprint density at radius 1 is 1.15 bits per heavy atom. The second kappa shape index (κ2) is 13.1. The Balaban J connectivity index is 1.46. The van der Waals surface area contributed by atoms with Crippen LogP contribution in [0, 0.1) is 11.3 Å². The van der Waals surface area contributed by atoms with Gasteiger partial charge in [0.2, 0.25) is 0 Å². The minimum Gasteiger partial charge on any atom is -0.489 e. The van der Waals surface area contributed by atoms with Crippen molar-refractivity contribution in [3.05, 3.63) is 96.8 Å². The van der Waals surface area contributed by atoms with Crippen LogP contribution in [0.15, 0.2) is 89.4 Å². The maximum absolute atomic E-state index is 12.5. The number of alkyl halides is 1. The molecule has 210 valence electrons. The fourth-order valence-electron chi connectivity index (χ4n) is 3.76. The summed E-state index contributed by atoms with van der Waals surface area (Å²) in [5.41, 5.74) is 2.31. The Morgan fingerprint density at radius 2 is 1.93 bits per heavy atom. The van der Waals surface area contributed by atoms with Gasteiger partial charge in [-0.05, 0) is 0 Å². The Kier molecular flexibility index (Phi) is 9.84. The number of ether oxygens (including phenoxy) is 2.